The van der Waals surface area contributed by atoms with Gasteiger partial charge in [-0.25, -0.2) is 4.79 Å². The average molecular weight is 590 g/mol. The molecule has 0 fully saturated rings. The maximum Gasteiger partial charge on any atom is 0.336 e. The van der Waals surface area contributed by atoms with Crippen molar-refractivity contribution in [2.75, 3.05) is 18.4 Å². The van der Waals surface area contributed by atoms with Gasteiger partial charge in [0.1, 0.15) is 17.1 Å². The fraction of sp³-hybridized carbons (Fsp3) is 0.200. The lowest BCUT2D eigenvalue weighted by molar-refractivity contribution is -0.118. The summed E-state index contributed by atoms with van der Waals surface area (Å²) in [5.41, 5.74) is 13.7. The molecular formula is C30H31N5O6S. The molecule has 218 valence electrons. The minimum absolute atomic E-state index is 0.0141. The summed E-state index contributed by atoms with van der Waals surface area (Å²) in [5, 5.41) is 30.2. The van der Waals surface area contributed by atoms with E-state index in [0.29, 0.717) is 76.5 Å². The number of rotatable bonds is 12. The van der Waals surface area contributed by atoms with Crippen LogP contribution in [0.5, 0.6) is 5.75 Å². The van der Waals surface area contributed by atoms with Crippen LogP contribution < -0.4 is 32.8 Å². The number of nitrogens with two attached hydrogens (primary N) is 2. The molecule has 0 saturated carbocycles. The van der Waals surface area contributed by atoms with Crippen LogP contribution in [0.3, 0.4) is 0 Å². The van der Waals surface area contributed by atoms with Crippen LogP contribution in [0.4, 0.5) is 5.69 Å². The molecule has 0 atom stereocenters. The fourth-order valence-electron chi connectivity index (χ4n) is 4.48. The van der Waals surface area contributed by atoms with Gasteiger partial charge in [0.25, 0.3) is 0 Å². The van der Waals surface area contributed by atoms with Gasteiger partial charge in [0.05, 0.1) is 5.56 Å². The van der Waals surface area contributed by atoms with Gasteiger partial charge in [-0.05, 0) is 73.4 Å². The first-order chi connectivity index (χ1) is 20.1. The summed E-state index contributed by atoms with van der Waals surface area (Å²) >= 11 is 5.39. The summed E-state index contributed by atoms with van der Waals surface area (Å²) in [6, 6.07) is 13.8. The van der Waals surface area contributed by atoms with E-state index in [-0.39, 0.29) is 28.4 Å². The first-order valence-corrected chi connectivity index (χ1v) is 13.6. The highest BCUT2D eigenvalue weighted by Crippen LogP contribution is 2.42. The number of benzene rings is 3. The lowest BCUT2D eigenvalue weighted by atomic mass is 9.90. The number of allylic oxidation sites excluding steroid dienone is 1. The molecule has 0 aromatic heterocycles. The van der Waals surface area contributed by atoms with Crippen molar-refractivity contribution in [3.05, 3.63) is 82.3 Å². The van der Waals surface area contributed by atoms with Crippen molar-refractivity contribution in [2.24, 2.45) is 11.5 Å². The number of phenols is 1. The average Bonchev–Trinajstić information content (AvgIpc) is 2.93. The molecule has 0 bridgehead atoms. The number of thiocarbonyl (C=S) groups is 1. The molecule has 4 rings (SSSR count). The van der Waals surface area contributed by atoms with Crippen LogP contribution >= 0.6 is 12.2 Å². The zero-order valence-electron chi connectivity index (χ0n) is 22.6. The Kier molecular flexibility index (Phi) is 9.61. The number of anilines is 1. The first kappa shape index (κ1) is 29.9. The van der Waals surface area contributed by atoms with Gasteiger partial charge < -0.3 is 42.0 Å². The van der Waals surface area contributed by atoms with Gasteiger partial charge in [-0.2, -0.15) is 0 Å². The number of hydrogen-bond acceptors (Lipinski definition) is 8. The number of carboxylic acid groups (broad SMARTS) is 1. The van der Waals surface area contributed by atoms with Crippen molar-refractivity contribution in [1.29, 1.82) is 0 Å². The molecule has 0 unspecified atom stereocenters. The fourth-order valence-corrected chi connectivity index (χ4v) is 4.70. The van der Waals surface area contributed by atoms with Crippen LogP contribution in [0.15, 0.2) is 75.7 Å². The Morgan fingerprint density at radius 3 is 2.50 bits per heavy atom. The quantitative estimate of drug-likeness (QED) is 0.0724. The summed E-state index contributed by atoms with van der Waals surface area (Å²) in [5.74, 6) is -1.25. The number of carbonyl (C=O) groups excluding carboxylic acids is 1. The standard InChI is InChI=1S/C30H31N5O6S/c31-17(3-1-4-27(32)38)16-33-11-2-12-34-30(42)35-18-5-8-21(24(13-18)29(39)40)28-22-9-6-19(36)14-25(22)41-26-15-20(37)7-10-23(26)28/h5-10,13-16,33,36H,1-4,11-12,31H2,(H2,32,38)(H,39,40)(H2,34,35,42). The minimum Gasteiger partial charge on any atom is -0.508 e. The maximum absolute atomic E-state index is 12.4. The number of carboxylic acids is 1. The van der Waals surface area contributed by atoms with E-state index >= 15 is 0 Å². The lowest BCUT2D eigenvalue weighted by Crippen LogP contribution is -2.30. The predicted molar refractivity (Wildman–Crippen MR) is 165 cm³/mol. The van der Waals surface area contributed by atoms with Crippen molar-refractivity contribution < 1.29 is 24.2 Å². The monoisotopic (exact) mass is 589 g/mol. The molecule has 2 aromatic carbocycles. The Labute approximate surface area is 246 Å². The van der Waals surface area contributed by atoms with Crippen LogP contribution in [0.25, 0.3) is 33.4 Å². The van der Waals surface area contributed by atoms with E-state index < -0.39 is 5.97 Å². The topological polar surface area (TPSA) is 193 Å². The highest BCUT2D eigenvalue weighted by molar-refractivity contribution is 7.80. The molecule has 42 heavy (non-hydrogen) atoms. The van der Waals surface area contributed by atoms with Gasteiger partial charge in [-0.15, -0.1) is 0 Å². The van der Waals surface area contributed by atoms with E-state index in [0.717, 1.165) is 6.42 Å². The molecule has 1 aliphatic carbocycles. The zero-order chi connectivity index (χ0) is 30.2. The summed E-state index contributed by atoms with van der Waals surface area (Å²) in [4.78, 5) is 35.2. The molecule has 2 aliphatic rings. The molecule has 11 nitrogen and oxygen atoms in total. The van der Waals surface area contributed by atoms with Crippen LogP contribution in [0.2, 0.25) is 0 Å². The van der Waals surface area contributed by atoms with Crippen molar-refractivity contribution in [1.82, 2.24) is 10.6 Å². The van der Waals surface area contributed by atoms with E-state index in [9.17, 15) is 24.6 Å². The third kappa shape index (κ3) is 7.55. The number of aromatic hydroxyl groups is 1. The number of carbonyl (C=O) groups is 2. The number of hydrogen-bond donors (Lipinski definition) is 7. The molecule has 0 saturated heterocycles. The third-order valence-corrected chi connectivity index (χ3v) is 6.66. The van der Waals surface area contributed by atoms with Gasteiger partial charge in [0.2, 0.25) is 5.91 Å². The number of amides is 1. The Hall–Kier alpha value is -5.10. The van der Waals surface area contributed by atoms with Crippen molar-refractivity contribution in [3.63, 3.8) is 0 Å². The molecular weight excluding hydrogens is 558 g/mol. The van der Waals surface area contributed by atoms with Gasteiger partial charge >= 0.3 is 5.97 Å². The van der Waals surface area contributed by atoms with Gasteiger partial charge in [0.15, 0.2) is 10.5 Å². The molecule has 0 radical (unpaired) electrons. The number of primary amides is 1. The van der Waals surface area contributed by atoms with Crippen LogP contribution in [0.1, 0.15) is 36.0 Å². The van der Waals surface area contributed by atoms with Crippen molar-refractivity contribution in [2.45, 2.75) is 25.7 Å². The summed E-state index contributed by atoms with van der Waals surface area (Å²) in [7, 11) is 0. The van der Waals surface area contributed by atoms with Crippen LogP contribution in [0, 0.1) is 0 Å². The summed E-state index contributed by atoms with van der Waals surface area (Å²) in [6.07, 6.45) is 3.92. The lowest BCUT2D eigenvalue weighted by Gasteiger charge is -2.18. The summed E-state index contributed by atoms with van der Waals surface area (Å²) in [6.45, 7) is 1.19. The van der Waals surface area contributed by atoms with E-state index in [2.05, 4.69) is 16.0 Å². The molecule has 9 N–H and O–H groups in total. The number of aromatic carboxylic acids is 1. The van der Waals surface area contributed by atoms with Gasteiger partial charge in [-0.3, -0.25) is 9.59 Å². The third-order valence-electron chi connectivity index (χ3n) is 6.41. The Morgan fingerprint density at radius 1 is 0.952 bits per heavy atom. The number of phenolic OH excluding ortho intramolecular Hbond substituents is 1. The second-order valence-electron chi connectivity index (χ2n) is 9.61. The SMILES string of the molecule is NC(=O)CCCC(N)=CNCCCNC(=S)Nc1ccc(-c2c3ccc(=O)cc-3oc3cc(O)ccc23)c(C(=O)O)c1. The Morgan fingerprint density at radius 2 is 1.74 bits per heavy atom. The number of nitrogens with one attached hydrogen (secondary N) is 3. The smallest absolute Gasteiger partial charge is 0.336 e. The highest BCUT2D eigenvalue weighted by atomic mass is 32.1. The normalized spacial score (nSPS) is 11.4. The second-order valence-corrected chi connectivity index (χ2v) is 10.0. The zero-order valence-corrected chi connectivity index (χ0v) is 23.4. The molecule has 1 aliphatic heterocycles. The number of fused-ring (bicyclic) bond motifs is 2. The Bertz CT molecular complexity index is 1700. The Balaban J connectivity index is 1.46. The summed E-state index contributed by atoms with van der Waals surface area (Å²) < 4.78 is 5.87. The first-order valence-electron chi connectivity index (χ1n) is 13.2. The molecule has 2 aromatic rings. The largest absolute Gasteiger partial charge is 0.508 e. The van der Waals surface area contributed by atoms with E-state index in [1.54, 1.807) is 30.5 Å². The molecule has 1 amide bonds. The van der Waals surface area contributed by atoms with Crippen LogP contribution in [-0.2, 0) is 4.79 Å². The van der Waals surface area contributed by atoms with Crippen molar-refractivity contribution >= 4 is 45.9 Å². The second kappa shape index (κ2) is 13.5. The minimum atomic E-state index is -1.15. The van der Waals surface area contributed by atoms with Crippen LogP contribution in [-0.4, -0.2) is 40.3 Å². The predicted octanol–water partition coefficient (Wildman–Crippen LogP) is 3.69. The highest BCUT2D eigenvalue weighted by Gasteiger charge is 2.22. The van der Waals surface area contributed by atoms with Gasteiger partial charge in [0, 0.05) is 65.7 Å². The van der Waals surface area contributed by atoms with E-state index in [4.69, 9.17) is 28.1 Å². The molecule has 1 heterocycles. The van der Waals surface area contributed by atoms with Gasteiger partial charge in [-0.1, -0.05) is 6.07 Å². The molecule has 0 spiro atoms. The van der Waals surface area contributed by atoms with Crippen molar-refractivity contribution in [3.8, 4) is 28.2 Å². The maximum atomic E-state index is 12.4. The molecule has 12 heteroatoms. The van der Waals surface area contributed by atoms with E-state index in [1.165, 1.54) is 30.3 Å². The van der Waals surface area contributed by atoms with E-state index in [1.807, 2.05) is 0 Å².